The van der Waals surface area contributed by atoms with Crippen LogP contribution in [0.3, 0.4) is 0 Å². The number of fused-ring (bicyclic) bond motifs is 1. The van der Waals surface area contributed by atoms with E-state index in [1.807, 2.05) is 32.0 Å². The van der Waals surface area contributed by atoms with Crippen molar-refractivity contribution in [3.63, 3.8) is 0 Å². The molecule has 2 aromatic carbocycles. The van der Waals surface area contributed by atoms with Crippen molar-refractivity contribution < 1.29 is 19.3 Å². The summed E-state index contributed by atoms with van der Waals surface area (Å²) in [5.74, 6) is 2.41. The third-order valence-electron chi connectivity index (χ3n) is 5.63. The number of nitrogens with zero attached hydrogens (tertiary/aromatic N) is 2. The van der Waals surface area contributed by atoms with Crippen molar-refractivity contribution >= 4 is 11.6 Å². The van der Waals surface area contributed by atoms with E-state index in [1.165, 1.54) is 5.56 Å². The van der Waals surface area contributed by atoms with E-state index in [9.17, 15) is 5.11 Å². The van der Waals surface area contributed by atoms with E-state index in [0.717, 1.165) is 66.1 Å². The van der Waals surface area contributed by atoms with Gasteiger partial charge in [0, 0.05) is 44.3 Å². The molecule has 2 aliphatic rings. The first kappa shape index (κ1) is 21.2. The molecule has 2 aliphatic heterocycles. The van der Waals surface area contributed by atoms with Crippen LogP contribution in [0.25, 0.3) is 0 Å². The van der Waals surface area contributed by atoms with E-state index in [0.29, 0.717) is 13.3 Å². The quantitative estimate of drug-likeness (QED) is 0.724. The number of ether oxygens (including phenoxy) is 3. The molecular weight excluding hydrogens is 404 g/mol. The highest BCUT2D eigenvalue weighted by Gasteiger charge is 2.21. The third-order valence-corrected chi connectivity index (χ3v) is 6.23. The fraction of sp³-hybridized carbons (Fsp3) is 0.478. The van der Waals surface area contributed by atoms with Gasteiger partial charge in [-0.25, -0.2) is 0 Å². The molecule has 0 saturated carbocycles. The largest absolute Gasteiger partial charge is 0.491 e. The molecule has 7 heteroatoms. The molecule has 0 radical (unpaired) electrons. The SMILES string of the molecule is Cc1cc(OCC(O)CN2CCN(Cc3ccc4c(c3)OCO4)CC2)cc(C)c1Cl. The van der Waals surface area contributed by atoms with Gasteiger partial charge in [0.2, 0.25) is 6.79 Å². The molecule has 2 heterocycles. The second kappa shape index (κ2) is 9.43. The van der Waals surface area contributed by atoms with Crippen LogP contribution in [-0.4, -0.2) is 67.1 Å². The number of aliphatic hydroxyl groups is 1. The van der Waals surface area contributed by atoms with E-state index in [1.54, 1.807) is 0 Å². The smallest absolute Gasteiger partial charge is 0.231 e. The van der Waals surface area contributed by atoms with E-state index in [2.05, 4.69) is 21.9 Å². The zero-order valence-electron chi connectivity index (χ0n) is 17.6. The van der Waals surface area contributed by atoms with Crippen LogP contribution >= 0.6 is 11.6 Å². The average Bonchev–Trinajstić information content (AvgIpc) is 3.20. The first-order valence-corrected chi connectivity index (χ1v) is 10.8. The van der Waals surface area contributed by atoms with Gasteiger partial charge in [-0.05, 0) is 54.8 Å². The van der Waals surface area contributed by atoms with Gasteiger partial charge >= 0.3 is 0 Å². The highest BCUT2D eigenvalue weighted by molar-refractivity contribution is 6.32. The van der Waals surface area contributed by atoms with Crippen LogP contribution in [0.4, 0.5) is 0 Å². The second-order valence-corrected chi connectivity index (χ2v) is 8.48. The zero-order valence-corrected chi connectivity index (χ0v) is 18.3. The molecular formula is C23H29ClN2O4. The van der Waals surface area contributed by atoms with Crippen molar-refractivity contribution in [3.05, 3.63) is 52.0 Å². The summed E-state index contributed by atoms with van der Waals surface area (Å²) in [6.45, 7) is 9.81. The number of benzene rings is 2. The van der Waals surface area contributed by atoms with Crippen LogP contribution in [0.2, 0.25) is 5.02 Å². The van der Waals surface area contributed by atoms with E-state index < -0.39 is 6.10 Å². The summed E-state index contributed by atoms with van der Waals surface area (Å²) in [6.07, 6.45) is -0.526. The number of halogens is 1. The lowest BCUT2D eigenvalue weighted by Gasteiger charge is -2.35. The third kappa shape index (κ3) is 5.19. The maximum Gasteiger partial charge on any atom is 0.231 e. The van der Waals surface area contributed by atoms with Gasteiger partial charge < -0.3 is 19.3 Å². The monoisotopic (exact) mass is 432 g/mol. The summed E-state index contributed by atoms with van der Waals surface area (Å²) in [6, 6.07) is 9.97. The summed E-state index contributed by atoms with van der Waals surface area (Å²) < 4.78 is 16.6. The van der Waals surface area contributed by atoms with Crippen LogP contribution in [0.5, 0.6) is 17.2 Å². The maximum atomic E-state index is 10.4. The summed E-state index contributed by atoms with van der Waals surface area (Å²) in [5.41, 5.74) is 3.20. The Morgan fingerprint density at radius 3 is 2.40 bits per heavy atom. The molecule has 1 fully saturated rings. The number of aliphatic hydroxyl groups excluding tert-OH is 1. The lowest BCUT2D eigenvalue weighted by atomic mass is 10.1. The minimum Gasteiger partial charge on any atom is -0.491 e. The van der Waals surface area contributed by atoms with Gasteiger partial charge in [0.15, 0.2) is 11.5 Å². The Balaban J connectivity index is 1.20. The number of piperazine rings is 1. The van der Waals surface area contributed by atoms with Crippen molar-refractivity contribution in [1.29, 1.82) is 0 Å². The zero-order chi connectivity index (χ0) is 21.1. The number of hydrogen-bond acceptors (Lipinski definition) is 6. The first-order valence-electron chi connectivity index (χ1n) is 10.4. The van der Waals surface area contributed by atoms with Crippen molar-refractivity contribution in [2.75, 3.05) is 46.1 Å². The molecule has 4 rings (SSSR count). The number of aryl methyl sites for hydroxylation is 2. The fourth-order valence-electron chi connectivity index (χ4n) is 3.96. The van der Waals surface area contributed by atoms with Gasteiger partial charge in [0.1, 0.15) is 18.5 Å². The predicted molar refractivity (Wildman–Crippen MR) is 117 cm³/mol. The van der Waals surface area contributed by atoms with Crippen LogP contribution in [0.15, 0.2) is 30.3 Å². The van der Waals surface area contributed by atoms with Crippen molar-refractivity contribution in [2.24, 2.45) is 0 Å². The van der Waals surface area contributed by atoms with Crippen molar-refractivity contribution in [2.45, 2.75) is 26.5 Å². The highest BCUT2D eigenvalue weighted by Crippen LogP contribution is 2.33. The minimum atomic E-state index is -0.526. The minimum absolute atomic E-state index is 0.276. The van der Waals surface area contributed by atoms with Crippen molar-refractivity contribution in [1.82, 2.24) is 9.80 Å². The average molecular weight is 433 g/mol. The standard InChI is InChI=1S/C23H29ClN2O4/c1-16-9-20(10-17(2)23(16)24)28-14-19(27)13-26-7-5-25(6-8-26)12-18-3-4-21-22(11-18)30-15-29-21/h3-4,9-11,19,27H,5-8,12-15H2,1-2H3. The van der Waals surface area contributed by atoms with Crippen molar-refractivity contribution in [3.8, 4) is 17.2 Å². The van der Waals surface area contributed by atoms with Crippen LogP contribution in [0, 0.1) is 13.8 Å². The Labute approximate surface area is 182 Å². The molecule has 6 nitrogen and oxygen atoms in total. The highest BCUT2D eigenvalue weighted by atomic mass is 35.5. The molecule has 162 valence electrons. The molecule has 0 spiro atoms. The fourth-order valence-corrected chi connectivity index (χ4v) is 4.07. The van der Waals surface area contributed by atoms with Gasteiger partial charge in [0.25, 0.3) is 0 Å². The van der Waals surface area contributed by atoms with Crippen LogP contribution < -0.4 is 14.2 Å². The Morgan fingerprint density at radius 2 is 1.67 bits per heavy atom. The van der Waals surface area contributed by atoms with E-state index in [4.69, 9.17) is 25.8 Å². The van der Waals surface area contributed by atoms with Gasteiger partial charge in [-0.15, -0.1) is 0 Å². The Bertz CT molecular complexity index is 860. The van der Waals surface area contributed by atoms with E-state index in [-0.39, 0.29) is 6.61 Å². The molecule has 1 unspecified atom stereocenters. The normalized spacial score (nSPS) is 17.9. The van der Waals surface area contributed by atoms with Gasteiger partial charge in [-0.2, -0.15) is 0 Å². The molecule has 1 atom stereocenters. The molecule has 1 N–H and O–H groups in total. The maximum absolute atomic E-state index is 10.4. The summed E-state index contributed by atoms with van der Waals surface area (Å²) in [7, 11) is 0. The van der Waals surface area contributed by atoms with Gasteiger partial charge in [-0.3, -0.25) is 9.80 Å². The van der Waals surface area contributed by atoms with Gasteiger partial charge in [0.05, 0.1) is 0 Å². The van der Waals surface area contributed by atoms with Crippen LogP contribution in [-0.2, 0) is 6.54 Å². The summed E-state index contributed by atoms with van der Waals surface area (Å²) >= 11 is 6.20. The number of rotatable bonds is 7. The first-order chi connectivity index (χ1) is 14.5. The Morgan fingerprint density at radius 1 is 1.00 bits per heavy atom. The summed E-state index contributed by atoms with van der Waals surface area (Å²) in [5, 5.41) is 11.2. The number of hydrogen-bond donors (Lipinski definition) is 1. The lowest BCUT2D eigenvalue weighted by Crippen LogP contribution is -2.48. The second-order valence-electron chi connectivity index (χ2n) is 8.10. The topological polar surface area (TPSA) is 54.4 Å². The summed E-state index contributed by atoms with van der Waals surface area (Å²) in [4.78, 5) is 4.72. The van der Waals surface area contributed by atoms with E-state index >= 15 is 0 Å². The Kier molecular flexibility index (Phi) is 6.68. The lowest BCUT2D eigenvalue weighted by molar-refractivity contribution is 0.0446. The molecule has 30 heavy (non-hydrogen) atoms. The molecule has 1 saturated heterocycles. The molecule has 0 amide bonds. The van der Waals surface area contributed by atoms with Gasteiger partial charge in [-0.1, -0.05) is 17.7 Å². The number of β-amino-alcohol motifs (C(OH)–C–C–N with tert-alkyl or cyclic N) is 1. The molecule has 0 bridgehead atoms. The van der Waals surface area contributed by atoms with Crippen LogP contribution in [0.1, 0.15) is 16.7 Å². The molecule has 2 aromatic rings. The molecule has 0 aromatic heterocycles. The molecule has 0 aliphatic carbocycles. The predicted octanol–water partition coefficient (Wildman–Crippen LogP) is 3.24. The Hall–Kier alpha value is -1.99.